The van der Waals surface area contributed by atoms with Gasteiger partial charge >= 0.3 is 0 Å². The highest BCUT2D eigenvalue weighted by atomic mass is 32.1. The minimum atomic E-state index is -0.641. The Bertz CT molecular complexity index is 770. The zero-order chi connectivity index (χ0) is 14.1. The number of phenolic OH excluding ortho intramolecular Hbond substituents is 1. The molecular weight excluding hydrogens is 280 g/mol. The first-order valence-electron chi connectivity index (χ1n) is 5.84. The Morgan fingerprint density at radius 3 is 2.65 bits per heavy atom. The molecule has 0 aliphatic rings. The van der Waals surface area contributed by atoms with Crippen molar-refractivity contribution in [2.45, 2.75) is 0 Å². The van der Waals surface area contributed by atoms with Crippen molar-refractivity contribution in [3.8, 4) is 27.6 Å². The van der Waals surface area contributed by atoms with Crippen molar-refractivity contribution < 1.29 is 13.9 Å². The minimum Gasteiger partial charge on any atom is -0.508 e. The number of hydrogen-bond acceptors (Lipinski definition) is 3. The van der Waals surface area contributed by atoms with Crippen LogP contribution in [0.4, 0.5) is 8.78 Å². The second-order valence-electron chi connectivity index (χ2n) is 4.21. The number of aromatic nitrogens is 1. The van der Waals surface area contributed by atoms with Gasteiger partial charge in [-0.1, -0.05) is 12.1 Å². The molecule has 2 aromatic carbocycles. The lowest BCUT2D eigenvalue weighted by molar-refractivity contribution is 0.475. The van der Waals surface area contributed by atoms with Gasteiger partial charge in [0.05, 0.1) is 5.69 Å². The monoisotopic (exact) mass is 289 g/mol. The van der Waals surface area contributed by atoms with Crippen LogP contribution in [0.15, 0.2) is 47.8 Å². The zero-order valence-electron chi connectivity index (χ0n) is 10.2. The summed E-state index contributed by atoms with van der Waals surface area (Å²) in [6, 6.07) is 10.1. The number of rotatable bonds is 2. The predicted molar refractivity (Wildman–Crippen MR) is 74.6 cm³/mol. The van der Waals surface area contributed by atoms with Crippen LogP contribution in [0.5, 0.6) is 5.75 Å². The molecule has 5 heteroatoms. The molecule has 1 heterocycles. The van der Waals surface area contributed by atoms with Gasteiger partial charge in [0.1, 0.15) is 22.4 Å². The molecule has 0 bridgehead atoms. The molecule has 20 heavy (non-hydrogen) atoms. The molecule has 0 saturated heterocycles. The predicted octanol–water partition coefficient (Wildman–Crippen LogP) is 4.46. The van der Waals surface area contributed by atoms with Crippen LogP contribution in [-0.4, -0.2) is 10.1 Å². The van der Waals surface area contributed by atoms with Crippen molar-refractivity contribution in [1.82, 2.24) is 4.98 Å². The van der Waals surface area contributed by atoms with Crippen molar-refractivity contribution in [3.63, 3.8) is 0 Å². The second-order valence-corrected chi connectivity index (χ2v) is 5.07. The van der Waals surface area contributed by atoms with Gasteiger partial charge < -0.3 is 5.11 Å². The SMILES string of the molecule is Oc1cccc(-c2nc(-c3ccc(F)cc3F)cs2)c1. The molecule has 0 saturated carbocycles. The van der Waals surface area contributed by atoms with E-state index in [-0.39, 0.29) is 11.3 Å². The molecule has 0 atom stereocenters. The lowest BCUT2D eigenvalue weighted by Crippen LogP contribution is -1.86. The summed E-state index contributed by atoms with van der Waals surface area (Å²) in [6.45, 7) is 0. The third kappa shape index (κ3) is 2.40. The van der Waals surface area contributed by atoms with Crippen molar-refractivity contribution in [3.05, 3.63) is 59.5 Å². The van der Waals surface area contributed by atoms with Crippen LogP contribution in [0.3, 0.4) is 0 Å². The fourth-order valence-electron chi connectivity index (χ4n) is 1.87. The maximum absolute atomic E-state index is 13.7. The van der Waals surface area contributed by atoms with E-state index >= 15 is 0 Å². The minimum absolute atomic E-state index is 0.146. The van der Waals surface area contributed by atoms with Crippen LogP contribution in [-0.2, 0) is 0 Å². The Labute approximate surface area is 118 Å². The summed E-state index contributed by atoms with van der Waals surface area (Å²) in [7, 11) is 0. The highest BCUT2D eigenvalue weighted by Crippen LogP contribution is 2.31. The summed E-state index contributed by atoms with van der Waals surface area (Å²) < 4.78 is 26.6. The Morgan fingerprint density at radius 1 is 1.05 bits per heavy atom. The summed E-state index contributed by atoms with van der Waals surface area (Å²) in [5.41, 5.74) is 1.46. The third-order valence-electron chi connectivity index (χ3n) is 2.80. The van der Waals surface area contributed by atoms with Crippen LogP contribution in [0.1, 0.15) is 0 Å². The number of nitrogens with zero attached hydrogens (tertiary/aromatic N) is 1. The Kier molecular flexibility index (Phi) is 3.20. The number of benzene rings is 2. The standard InChI is InChI=1S/C15H9F2NOS/c16-10-4-5-12(13(17)7-10)14-8-20-15(18-14)9-2-1-3-11(19)6-9/h1-8,19H. The molecule has 0 radical (unpaired) electrons. The molecule has 1 aromatic heterocycles. The maximum atomic E-state index is 13.7. The molecule has 3 aromatic rings. The quantitative estimate of drug-likeness (QED) is 0.755. The number of halogens is 2. The van der Waals surface area contributed by atoms with Gasteiger partial charge in [-0.05, 0) is 24.3 Å². The second kappa shape index (κ2) is 5.02. The van der Waals surface area contributed by atoms with Crippen LogP contribution in [0.25, 0.3) is 21.8 Å². The fraction of sp³-hybridized carbons (Fsp3) is 0. The summed E-state index contributed by atoms with van der Waals surface area (Å²) >= 11 is 1.34. The molecule has 0 fully saturated rings. The van der Waals surface area contributed by atoms with Crippen molar-refractivity contribution in [1.29, 1.82) is 0 Å². The molecule has 2 nitrogen and oxygen atoms in total. The third-order valence-corrected chi connectivity index (χ3v) is 3.70. The first-order valence-corrected chi connectivity index (χ1v) is 6.72. The number of hydrogen-bond donors (Lipinski definition) is 1. The van der Waals surface area contributed by atoms with E-state index in [0.717, 1.165) is 11.6 Å². The number of aromatic hydroxyl groups is 1. The van der Waals surface area contributed by atoms with Gasteiger partial charge in [-0.3, -0.25) is 0 Å². The van der Waals surface area contributed by atoms with E-state index in [1.807, 2.05) is 6.07 Å². The van der Waals surface area contributed by atoms with Gasteiger partial charge in [-0.2, -0.15) is 0 Å². The van der Waals surface area contributed by atoms with E-state index in [9.17, 15) is 13.9 Å². The van der Waals surface area contributed by atoms with Crippen molar-refractivity contribution in [2.75, 3.05) is 0 Å². The highest BCUT2D eigenvalue weighted by Gasteiger charge is 2.11. The highest BCUT2D eigenvalue weighted by molar-refractivity contribution is 7.13. The van der Waals surface area contributed by atoms with Gasteiger partial charge in [-0.15, -0.1) is 11.3 Å². The van der Waals surface area contributed by atoms with Gasteiger partial charge in [0.25, 0.3) is 0 Å². The van der Waals surface area contributed by atoms with Gasteiger partial charge in [0, 0.05) is 22.6 Å². The van der Waals surface area contributed by atoms with E-state index in [1.165, 1.54) is 23.5 Å². The molecule has 0 unspecified atom stereocenters. The molecule has 100 valence electrons. The summed E-state index contributed by atoms with van der Waals surface area (Å²) in [4.78, 5) is 4.33. The maximum Gasteiger partial charge on any atom is 0.135 e. The summed E-state index contributed by atoms with van der Waals surface area (Å²) in [5, 5.41) is 11.8. The van der Waals surface area contributed by atoms with Crippen LogP contribution in [0, 0.1) is 11.6 Å². The van der Waals surface area contributed by atoms with E-state index in [4.69, 9.17) is 0 Å². The van der Waals surface area contributed by atoms with Crippen molar-refractivity contribution >= 4 is 11.3 Å². The lowest BCUT2D eigenvalue weighted by Gasteiger charge is -1.99. The van der Waals surface area contributed by atoms with Gasteiger partial charge in [-0.25, -0.2) is 13.8 Å². The van der Waals surface area contributed by atoms with Crippen LogP contribution in [0.2, 0.25) is 0 Å². The van der Waals surface area contributed by atoms with E-state index < -0.39 is 11.6 Å². The largest absolute Gasteiger partial charge is 0.508 e. The van der Waals surface area contributed by atoms with Crippen molar-refractivity contribution in [2.24, 2.45) is 0 Å². The Balaban J connectivity index is 2.02. The molecule has 0 amide bonds. The average Bonchev–Trinajstić information content (AvgIpc) is 2.88. The molecule has 0 aliphatic carbocycles. The molecule has 0 spiro atoms. The Morgan fingerprint density at radius 2 is 1.90 bits per heavy atom. The zero-order valence-corrected chi connectivity index (χ0v) is 11.0. The Hall–Kier alpha value is -2.27. The molecule has 0 aliphatic heterocycles. The average molecular weight is 289 g/mol. The fourth-order valence-corrected chi connectivity index (χ4v) is 2.68. The summed E-state index contributed by atoms with van der Waals surface area (Å²) in [6.07, 6.45) is 0. The lowest BCUT2D eigenvalue weighted by atomic mass is 10.1. The van der Waals surface area contributed by atoms with Gasteiger partial charge in [0.2, 0.25) is 0 Å². The van der Waals surface area contributed by atoms with Crippen LogP contribution >= 0.6 is 11.3 Å². The number of thiazole rings is 1. The van der Waals surface area contributed by atoms with Crippen LogP contribution < -0.4 is 0 Å². The molecular formula is C15H9F2NOS. The summed E-state index contributed by atoms with van der Waals surface area (Å²) in [5.74, 6) is -1.11. The van der Waals surface area contributed by atoms with E-state index in [2.05, 4.69) is 4.98 Å². The first kappa shape index (κ1) is 12.7. The molecule has 1 N–H and O–H groups in total. The number of phenols is 1. The first-order chi connectivity index (χ1) is 9.63. The normalized spacial score (nSPS) is 10.7. The van der Waals surface area contributed by atoms with E-state index in [0.29, 0.717) is 10.7 Å². The van der Waals surface area contributed by atoms with E-state index in [1.54, 1.807) is 23.6 Å². The topological polar surface area (TPSA) is 33.1 Å². The smallest absolute Gasteiger partial charge is 0.135 e. The van der Waals surface area contributed by atoms with Gasteiger partial charge in [0.15, 0.2) is 0 Å². The molecule has 3 rings (SSSR count).